The number of nitrogens with one attached hydrogen (secondary N) is 1. The van der Waals surface area contributed by atoms with Crippen LogP contribution >= 0.6 is 0 Å². The van der Waals surface area contributed by atoms with Crippen LogP contribution in [0.1, 0.15) is 20.3 Å². The summed E-state index contributed by atoms with van der Waals surface area (Å²) in [5.74, 6) is 1.40. The van der Waals surface area contributed by atoms with Gasteiger partial charge < -0.3 is 10.1 Å². The maximum atomic E-state index is 11.3. The lowest BCUT2D eigenvalue weighted by atomic mass is 10.1. The summed E-state index contributed by atoms with van der Waals surface area (Å²) >= 11 is 0. The summed E-state index contributed by atoms with van der Waals surface area (Å²) in [4.78, 5) is 22.4. The quantitative estimate of drug-likeness (QED) is 0.521. The Kier molecular flexibility index (Phi) is 5.38. The van der Waals surface area contributed by atoms with Crippen molar-refractivity contribution in [2.45, 2.75) is 26.3 Å². The van der Waals surface area contributed by atoms with Crippen LogP contribution in [0.25, 0.3) is 0 Å². The number of rotatable bonds is 4. The summed E-state index contributed by atoms with van der Waals surface area (Å²) < 4.78 is 4.50. The first kappa shape index (κ1) is 12.5. The molecule has 1 amide bonds. The molecule has 14 heavy (non-hydrogen) atoms. The highest BCUT2D eigenvalue weighted by atomic mass is 16.5. The number of hydrogen-bond donors (Lipinski definition) is 1. The van der Waals surface area contributed by atoms with E-state index in [-0.39, 0.29) is 18.2 Å². The van der Waals surface area contributed by atoms with Crippen molar-refractivity contribution < 1.29 is 14.3 Å². The zero-order valence-corrected chi connectivity index (χ0v) is 8.66. The summed E-state index contributed by atoms with van der Waals surface area (Å²) in [6, 6.07) is -0.736. The highest BCUT2D eigenvalue weighted by Gasteiger charge is 2.21. The molecule has 0 saturated heterocycles. The van der Waals surface area contributed by atoms with Crippen molar-refractivity contribution in [3.63, 3.8) is 0 Å². The van der Waals surface area contributed by atoms with Gasteiger partial charge in [-0.3, -0.25) is 4.79 Å². The smallest absolute Gasteiger partial charge is 0.329 e. The van der Waals surface area contributed by atoms with Crippen molar-refractivity contribution in [2.75, 3.05) is 7.11 Å². The molecule has 0 aromatic rings. The Morgan fingerprint density at radius 3 is 2.43 bits per heavy atom. The second-order valence-electron chi connectivity index (χ2n) is 3.15. The average Bonchev–Trinajstić information content (AvgIpc) is 2.15. The second-order valence-corrected chi connectivity index (χ2v) is 3.15. The Balaban J connectivity index is 4.31. The van der Waals surface area contributed by atoms with Gasteiger partial charge in [0.15, 0.2) is 0 Å². The number of carbonyl (C=O) groups is 2. The van der Waals surface area contributed by atoms with Gasteiger partial charge in [0.2, 0.25) is 5.91 Å². The van der Waals surface area contributed by atoms with Crippen molar-refractivity contribution in [3.8, 4) is 12.3 Å². The van der Waals surface area contributed by atoms with Gasteiger partial charge in [-0.1, -0.05) is 13.8 Å². The molecule has 0 aliphatic heterocycles. The van der Waals surface area contributed by atoms with Gasteiger partial charge >= 0.3 is 5.97 Å². The minimum absolute atomic E-state index is 0.144. The molecule has 0 aromatic carbocycles. The molecule has 0 bridgehead atoms. The van der Waals surface area contributed by atoms with Crippen molar-refractivity contribution in [3.05, 3.63) is 0 Å². The number of hydrogen-bond acceptors (Lipinski definition) is 3. The van der Waals surface area contributed by atoms with E-state index in [1.54, 1.807) is 13.8 Å². The van der Waals surface area contributed by atoms with Gasteiger partial charge in [0.25, 0.3) is 0 Å². The maximum absolute atomic E-state index is 11.3. The summed E-state index contributed by atoms with van der Waals surface area (Å²) in [6.07, 6.45) is 5.21. The minimum atomic E-state index is -0.736. The van der Waals surface area contributed by atoms with Crippen LogP contribution in [0.4, 0.5) is 0 Å². The summed E-state index contributed by atoms with van der Waals surface area (Å²) in [5.41, 5.74) is 0. The van der Waals surface area contributed by atoms with E-state index in [0.29, 0.717) is 0 Å². The van der Waals surface area contributed by atoms with E-state index in [1.165, 1.54) is 7.11 Å². The van der Waals surface area contributed by atoms with Crippen LogP contribution in [0.15, 0.2) is 0 Å². The number of methoxy groups -OCH3 is 1. The van der Waals surface area contributed by atoms with Crippen LogP contribution in [0.2, 0.25) is 0 Å². The van der Waals surface area contributed by atoms with E-state index >= 15 is 0 Å². The third-order valence-corrected chi connectivity index (χ3v) is 1.65. The van der Waals surface area contributed by atoms with Gasteiger partial charge in [0.05, 0.1) is 7.11 Å². The molecule has 0 aromatic heterocycles. The molecule has 0 fully saturated rings. The number of amides is 1. The van der Waals surface area contributed by atoms with Crippen molar-refractivity contribution in [1.82, 2.24) is 5.32 Å². The molecule has 0 spiro atoms. The molecule has 0 saturated carbocycles. The van der Waals surface area contributed by atoms with Crippen molar-refractivity contribution in [1.29, 1.82) is 0 Å². The molecule has 0 aliphatic carbocycles. The van der Waals surface area contributed by atoms with Crippen LogP contribution in [0, 0.1) is 18.3 Å². The predicted octanol–water partition coefficient (Wildman–Crippen LogP) is 0.323. The van der Waals surface area contributed by atoms with Gasteiger partial charge in [-0.25, -0.2) is 4.79 Å². The lowest BCUT2D eigenvalue weighted by Gasteiger charge is -2.15. The molecular formula is C10H15NO3. The molecule has 1 atom stereocenters. The number of esters is 1. The van der Waals surface area contributed by atoms with Gasteiger partial charge in [0.1, 0.15) is 6.04 Å². The first-order chi connectivity index (χ1) is 6.52. The fourth-order valence-corrected chi connectivity index (χ4v) is 0.792. The lowest BCUT2D eigenvalue weighted by Crippen LogP contribution is -2.43. The van der Waals surface area contributed by atoms with E-state index in [4.69, 9.17) is 6.42 Å². The van der Waals surface area contributed by atoms with E-state index in [9.17, 15) is 9.59 Å². The Bertz CT molecular complexity index is 253. The summed E-state index contributed by atoms with van der Waals surface area (Å²) in [5, 5.41) is 2.51. The van der Waals surface area contributed by atoms with Crippen LogP contribution in [0.3, 0.4) is 0 Å². The van der Waals surface area contributed by atoms with Gasteiger partial charge in [-0.05, 0) is 0 Å². The largest absolute Gasteiger partial charge is 0.467 e. The molecule has 0 heterocycles. The van der Waals surface area contributed by atoms with Crippen LogP contribution < -0.4 is 5.32 Å². The topological polar surface area (TPSA) is 55.4 Å². The fourth-order valence-electron chi connectivity index (χ4n) is 0.792. The standard InChI is InChI=1S/C10H15NO3/c1-5-6-8(10(13)14-4)11-9(12)7(2)3/h1,7-8H,6H2,2-4H3,(H,11,12)/t8-/m1/s1. The number of carbonyl (C=O) groups excluding carboxylic acids is 2. The molecule has 1 N–H and O–H groups in total. The zero-order chi connectivity index (χ0) is 11.1. The molecule has 0 unspecified atom stereocenters. The SMILES string of the molecule is C#CC[C@@H](NC(=O)C(C)C)C(=O)OC. The average molecular weight is 197 g/mol. The Morgan fingerprint density at radius 2 is 2.07 bits per heavy atom. The molecule has 0 rings (SSSR count). The normalized spacial score (nSPS) is 11.6. The van der Waals surface area contributed by atoms with Gasteiger partial charge in [-0.15, -0.1) is 12.3 Å². The fraction of sp³-hybridized carbons (Fsp3) is 0.600. The molecule has 4 nitrogen and oxygen atoms in total. The molecule has 78 valence electrons. The highest BCUT2D eigenvalue weighted by Crippen LogP contribution is 1.98. The third-order valence-electron chi connectivity index (χ3n) is 1.65. The van der Waals surface area contributed by atoms with Crippen LogP contribution in [0.5, 0.6) is 0 Å². The van der Waals surface area contributed by atoms with Crippen molar-refractivity contribution >= 4 is 11.9 Å². The first-order valence-corrected chi connectivity index (χ1v) is 4.34. The highest BCUT2D eigenvalue weighted by molar-refractivity contribution is 5.85. The summed E-state index contributed by atoms with van der Waals surface area (Å²) in [6.45, 7) is 3.47. The summed E-state index contributed by atoms with van der Waals surface area (Å²) in [7, 11) is 1.26. The van der Waals surface area contributed by atoms with Gasteiger partial charge in [0, 0.05) is 12.3 Å². The molecular weight excluding hydrogens is 182 g/mol. The van der Waals surface area contributed by atoms with Gasteiger partial charge in [-0.2, -0.15) is 0 Å². The first-order valence-electron chi connectivity index (χ1n) is 4.34. The predicted molar refractivity (Wildman–Crippen MR) is 52.2 cm³/mol. The van der Waals surface area contributed by atoms with E-state index < -0.39 is 12.0 Å². The van der Waals surface area contributed by atoms with Crippen LogP contribution in [-0.2, 0) is 14.3 Å². The number of terminal acetylenes is 1. The second kappa shape index (κ2) is 6.03. The Labute approximate surface area is 84.0 Å². The Morgan fingerprint density at radius 1 is 1.50 bits per heavy atom. The van der Waals surface area contributed by atoms with Crippen LogP contribution in [-0.4, -0.2) is 25.0 Å². The third kappa shape index (κ3) is 3.94. The minimum Gasteiger partial charge on any atom is -0.467 e. The van der Waals surface area contributed by atoms with E-state index in [1.807, 2.05) is 0 Å². The Hall–Kier alpha value is -1.50. The molecule has 0 aliphatic rings. The molecule has 4 heteroatoms. The lowest BCUT2D eigenvalue weighted by molar-refractivity contribution is -0.145. The zero-order valence-electron chi connectivity index (χ0n) is 8.66. The maximum Gasteiger partial charge on any atom is 0.329 e. The van der Waals surface area contributed by atoms with E-state index in [0.717, 1.165) is 0 Å². The van der Waals surface area contributed by atoms with E-state index in [2.05, 4.69) is 16.0 Å². The molecule has 0 radical (unpaired) electrons. The monoisotopic (exact) mass is 197 g/mol. The number of ether oxygens (including phenoxy) is 1. The van der Waals surface area contributed by atoms with Crippen molar-refractivity contribution in [2.24, 2.45) is 5.92 Å².